The number of hydrogen-bond acceptors (Lipinski definition) is 5. The zero-order chi connectivity index (χ0) is 15.9. The first kappa shape index (κ1) is 18.3. The van der Waals surface area contributed by atoms with Gasteiger partial charge in [-0.15, -0.1) is 0 Å². The van der Waals surface area contributed by atoms with Crippen LogP contribution in [0.15, 0.2) is 0 Å². The van der Waals surface area contributed by atoms with Gasteiger partial charge in [0.25, 0.3) is 10.2 Å². The molecule has 1 fully saturated rings. The highest BCUT2D eigenvalue weighted by Crippen LogP contribution is 2.20. The number of esters is 1. The Hall–Kier alpha value is -0.700. The van der Waals surface area contributed by atoms with Crippen molar-refractivity contribution < 1.29 is 23.1 Å². The van der Waals surface area contributed by atoms with E-state index >= 15 is 0 Å². The Kier molecular flexibility index (Phi) is 7.58. The van der Waals surface area contributed by atoms with Gasteiger partial charge in [0.2, 0.25) is 0 Å². The van der Waals surface area contributed by atoms with Crippen molar-refractivity contribution >= 4 is 16.2 Å². The van der Waals surface area contributed by atoms with E-state index in [9.17, 15) is 13.2 Å². The summed E-state index contributed by atoms with van der Waals surface area (Å²) in [4.78, 5) is 11.8. The van der Waals surface area contributed by atoms with E-state index in [1.165, 1.54) is 4.31 Å². The van der Waals surface area contributed by atoms with Gasteiger partial charge >= 0.3 is 5.97 Å². The summed E-state index contributed by atoms with van der Waals surface area (Å²) >= 11 is 0. The van der Waals surface area contributed by atoms with E-state index in [4.69, 9.17) is 9.84 Å². The van der Waals surface area contributed by atoms with Gasteiger partial charge in [-0.2, -0.15) is 17.4 Å². The molecule has 0 spiro atoms. The molecule has 0 radical (unpaired) electrons. The molecule has 0 amide bonds. The molecule has 1 aliphatic heterocycles. The number of piperidine rings is 1. The Morgan fingerprint density at radius 3 is 2.76 bits per heavy atom. The molecule has 0 saturated carbocycles. The van der Waals surface area contributed by atoms with Crippen molar-refractivity contribution in [1.29, 1.82) is 0 Å². The zero-order valence-electron chi connectivity index (χ0n) is 12.7. The van der Waals surface area contributed by atoms with E-state index in [1.807, 2.05) is 6.92 Å². The second kappa shape index (κ2) is 8.67. The second-order valence-corrected chi connectivity index (χ2v) is 6.89. The number of hydrogen-bond donors (Lipinski definition) is 2. The number of nitrogens with zero attached hydrogens (tertiary/aromatic N) is 1. The third-order valence-corrected chi connectivity index (χ3v) is 5.27. The van der Waals surface area contributed by atoms with Crippen LogP contribution in [0, 0.1) is 5.92 Å². The average molecular weight is 322 g/mol. The maximum atomic E-state index is 12.3. The first-order chi connectivity index (χ1) is 9.94. The van der Waals surface area contributed by atoms with E-state index in [0.29, 0.717) is 38.8 Å². The Labute approximate surface area is 126 Å². The topological polar surface area (TPSA) is 95.9 Å². The van der Waals surface area contributed by atoms with Crippen molar-refractivity contribution in [2.45, 2.75) is 45.6 Å². The predicted octanol–water partition coefficient (Wildman–Crippen LogP) is 0.257. The molecule has 1 heterocycles. The SMILES string of the molecule is CCOC(=O)C1CCCN(S(=O)(=O)NC(CC)CCO)C1. The summed E-state index contributed by atoms with van der Waals surface area (Å²) in [5.74, 6) is -0.729. The molecule has 0 bridgehead atoms. The lowest BCUT2D eigenvalue weighted by Crippen LogP contribution is -2.50. The molecule has 124 valence electrons. The Morgan fingerprint density at radius 1 is 1.48 bits per heavy atom. The molecule has 1 saturated heterocycles. The largest absolute Gasteiger partial charge is 0.466 e. The molecule has 1 aliphatic rings. The maximum absolute atomic E-state index is 12.3. The van der Waals surface area contributed by atoms with Gasteiger partial charge in [-0.3, -0.25) is 4.79 Å². The van der Waals surface area contributed by atoms with E-state index in [-0.39, 0.29) is 25.2 Å². The van der Waals surface area contributed by atoms with Crippen LogP contribution in [-0.4, -0.2) is 56.1 Å². The predicted molar refractivity (Wildman–Crippen MR) is 78.8 cm³/mol. The van der Waals surface area contributed by atoms with Crippen LogP contribution < -0.4 is 4.72 Å². The standard InChI is InChI=1S/C13H26N2O5S/c1-3-12(7-9-16)14-21(18,19)15-8-5-6-11(10-15)13(17)20-4-2/h11-12,14,16H,3-10H2,1-2H3. The lowest BCUT2D eigenvalue weighted by atomic mass is 10.0. The van der Waals surface area contributed by atoms with Crippen molar-refractivity contribution in [1.82, 2.24) is 9.03 Å². The number of rotatable bonds is 8. The van der Waals surface area contributed by atoms with E-state index in [2.05, 4.69) is 4.72 Å². The molecule has 1 rings (SSSR count). The number of carbonyl (C=O) groups is 1. The highest BCUT2D eigenvalue weighted by atomic mass is 32.2. The zero-order valence-corrected chi connectivity index (χ0v) is 13.6. The highest BCUT2D eigenvalue weighted by molar-refractivity contribution is 7.87. The van der Waals surface area contributed by atoms with Gasteiger partial charge < -0.3 is 9.84 Å². The fourth-order valence-corrected chi connectivity index (χ4v) is 4.00. The minimum atomic E-state index is -3.63. The van der Waals surface area contributed by atoms with Crippen LogP contribution in [-0.2, 0) is 19.7 Å². The van der Waals surface area contributed by atoms with Gasteiger partial charge in [0.15, 0.2) is 0 Å². The fraction of sp³-hybridized carbons (Fsp3) is 0.923. The van der Waals surface area contributed by atoms with Gasteiger partial charge in [-0.05, 0) is 32.6 Å². The van der Waals surface area contributed by atoms with E-state index in [0.717, 1.165) is 0 Å². The molecule has 7 nitrogen and oxygen atoms in total. The Balaban J connectivity index is 2.67. The minimum Gasteiger partial charge on any atom is -0.466 e. The summed E-state index contributed by atoms with van der Waals surface area (Å²) in [6.45, 7) is 4.39. The molecular formula is C13H26N2O5S. The lowest BCUT2D eigenvalue weighted by molar-refractivity contribution is -0.149. The van der Waals surface area contributed by atoms with Gasteiger partial charge in [0, 0.05) is 25.7 Å². The molecule has 8 heteroatoms. The molecular weight excluding hydrogens is 296 g/mol. The smallest absolute Gasteiger partial charge is 0.310 e. The summed E-state index contributed by atoms with van der Waals surface area (Å²) < 4.78 is 33.5. The number of carbonyl (C=O) groups excluding carboxylic acids is 1. The van der Waals surface area contributed by atoms with Crippen molar-refractivity contribution in [3.63, 3.8) is 0 Å². The van der Waals surface area contributed by atoms with E-state index in [1.54, 1.807) is 6.92 Å². The highest BCUT2D eigenvalue weighted by Gasteiger charge is 2.33. The van der Waals surface area contributed by atoms with Crippen molar-refractivity contribution in [2.24, 2.45) is 5.92 Å². The van der Waals surface area contributed by atoms with Gasteiger partial charge in [0.05, 0.1) is 12.5 Å². The maximum Gasteiger partial charge on any atom is 0.310 e. The first-order valence-electron chi connectivity index (χ1n) is 7.49. The van der Waals surface area contributed by atoms with Crippen LogP contribution in [0.5, 0.6) is 0 Å². The average Bonchev–Trinajstić information content (AvgIpc) is 2.47. The van der Waals surface area contributed by atoms with Crippen LogP contribution in [0.3, 0.4) is 0 Å². The third kappa shape index (κ3) is 5.54. The Morgan fingerprint density at radius 2 is 2.19 bits per heavy atom. The summed E-state index contributed by atoms with van der Waals surface area (Å²) in [7, 11) is -3.63. The van der Waals surface area contributed by atoms with Crippen LogP contribution in [0.4, 0.5) is 0 Å². The number of ether oxygens (including phenoxy) is 1. The molecule has 0 aliphatic carbocycles. The summed E-state index contributed by atoms with van der Waals surface area (Å²) in [6.07, 6.45) is 2.28. The fourth-order valence-electron chi connectivity index (χ4n) is 2.40. The lowest BCUT2D eigenvalue weighted by Gasteiger charge is -2.31. The quantitative estimate of drug-likeness (QED) is 0.625. The Bertz CT molecular complexity index is 426. The molecule has 2 N–H and O–H groups in total. The molecule has 2 unspecified atom stereocenters. The monoisotopic (exact) mass is 322 g/mol. The summed E-state index contributed by atoms with van der Waals surface area (Å²) in [5.41, 5.74) is 0. The van der Waals surface area contributed by atoms with Gasteiger partial charge in [-0.25, -0.2) is 0 Å². The van der Waals surface area contributed by atoms with Crippen molar-refractivity contribution in [2.75, 3.05) is 26.3 Å². The number of aliphatic hydroxyl groups excluding tert-OH is 1. The van der Waals surface area contributed by atoms with Gasteiger partial charge in [-0.1, -0.05) is 6.92 Å². The minimum absolute atomic E-state index is 0.0630. The van der Waals surface area contributed by atoms with Crippen LogP contribution in [0.25, 0.3) is 0 Å². The molecule has 0 aromatic rings. The summed E-state index contributed by atoms with van der Waals surface area (Å²) in [6, 6.07) is -0.289. The van der Waals surface area contributed by atoms with Gasteiger partial charge in [0.1, 0.15) is 0 Å². The molecule has 21 heavy (non-hydrogen) atoms. The third-order valence-electron chi connectivity index (χ3n) is 3.63. The number of aliphatic hydroxyl groups is 1. The molecule has 2 atom stereocenters. The van der Waals surface area contributed by atoms with Crippen LogP contribution in [0.1, 0.15) is 39.5 Å². The second-order valence-electron chi connectivity index (χ2n) is 5.19. The summed E-state index contributed by atoms with van der Waals surface area (Å²) in [5, 5.41) is 8.94. The van der Waals surface area contributed by atoms with Crippen molar-refractivity contribution in [3.8, 4) is 0 Å². The molecule has 0 aromatic heterocycles. The molecule has 0 aromatic carbocycles. The first-order valence-corrected chi connectivity index (χ1v) is 8.93. The van der Waals surface area contributed by atoms with E-state index < -0.39 is 16.1 Å². The van der Waals surface area contributed by atoms with Crippen LogP contribution in [0.2, 0.25) is 0 Å². The van der Waals surface area contributed by atoms with Crippen LogP contribution >= 0.6 is 0 Å². The normalized spacial score (nSPS) is 22.0. The number of nitrogens with one attached hydrogen (secondary N) is 1. The van der Waals surface area contributed by atoms with Crippen molar-refractivity contribution in [3.05, 3.63) is 0 Å².